The summed E-state index contributed by atoms with van der Waals surface area (Å²) >= 11 is 0. The zero-order valence-electron chi connectivity index (χ0n) is 11.0. The minimum absolute atomic E-state index is 0.373. The summed E-state index contributed by atoms with van der Waals surface area (Å²) in [7, 11) is 3.27. The van der Waals surface area contributed by atoms with E-state index in [0.29, 0.717) is 22.9 Å². The second kappa shape index (κ2) is 5.38. The lowest BCUT2D eigenvalue weighted by atomic mass is 10.4. The summed E-state index contributed by atoms with van der Waals surface area (Å²) < 4.78 is 6.76. The van der Waals surface area contributed by atoms with Crippen LogP contribution in [-0.4, -0.2) is 27.9 Å². The van der Waals surface area contributed by atoms with E-state index in [2.05, 4.69) is 20.7 Å². The molecule has 0 saturated heterocycles. The van der Waals surface area contributed by atoms with Gasteiger partial charge in [0.25, 0.3) is 0 Å². The standard InChI is InChI=1S/C12H15N5O2/c1-8-10(11(19-3)17(2)16-8)15-12(18)14-9-5-4-6-13-7-9/h4-7H,1-3H3,(H2,14,15,18). The average molecular weight is 261 g/mol. The Bertz CT molecular complexity index is 579. The Kier molecular flexibility index (Phi) is 3.65. The van der Waals surface area contributed by atoms with Gasteiger partial charge in [-0.05, 0) is 19.1 Å². The lowest BCUT2D eigenvalue weighted by molar-refractivity contribution is 0.262. The van der Waals surface area contributed by atoms with Crippen molar-refractivity contribution in [2.75, 3.05) is 17.7 Å². The molecule has 2 aromatic heterocycles. The number of amides is 2. The van der Waals surface area contributed by atoms with E-state index < -0.39 is 0 Å². The summed E-state index contributed by atoms with van der Waals surface area (Å²) in [5.41, 5.74) is 1.84. The Morgan fingerprint density at radius 2 is 2.21 bits per heavy atom. The summed E-state index contributed by atoms with van der Waals surface area (Å²) in [6, 6.07) is 3.12. The number of nitrogens with zero attached hydrogens (tertiary/aromatic N) is 3. The number of carbonyl (C=O) groups excluding carboxylic acids is 1. The Morgan fingerprint density at radius 1 is 1.42 bits per heavy atom. The minimum atomic E-state index is -0.373. The van der Waals surface area contributed by atoms with E-state index >= 15 is 0 Å². The Labute approximate surface area is 110 Å². The predicted octanol–water partition coefficient (Wildman–Crippen LogP) is 1.78. The Balaban J connectivity index is 2.11. The maximum absolute atomic E-state index is 11.9. The van der Waals surface area contributed by atoms with Crippen LogP contribution in [0.25, 0.3) is 0 Å². The van der Waals surface area contributed by atoms with E-state index in [1.165, 1.54) is 7.11 Å². The molecule has 2 N–H and O–H groups in total. The third kappa shape index (κ3) is 2.82. The smallest absolute Gasteiger partial charge is 0.323 e. The molecule has 0 aliphatic rings. The maximum atomic E-state index is 11.9. The molecule has 0 atom stereocenters. The number of carbonyl (C=O) groups is 1. The topological polar surface area (TPSA) is 81.1 Å². The number of pyridine rings is 1. The van der Waals surface area contributed by atoms with E-state index in [1.54, 1.807) is 43.2 Å². The van der Waals surface area contributed by atoms with Crippen LogP contribution in [0.2, 0.25) is 0 Å². The zero-order chi connectivity index (χ0) is 13.8. The van der Waals surface area contributed by atoms with Crippen LogP contribution in [0.1, 0.15) is 5.69 Å². The van der Waals surface area contributed by atoms with Crippen molar-refractivity contribution in [3.63, 3.8) is 0 Å². The fourth-order valence-corrected chi connectivity index (χ4v) is 1.73. The molecule has 0 bridgehead atoms. The predicted molar refractivity (Wildman–Crippen MR) is 71.4 cm³/mol. The van der Waals surface area contributed by atoms with Gasteiger partial charge in [0.15, 0.2) is 0 Å². The van der Waals surface area contributed by atoms with Crippen LogP contribution in [0.15, 0.2) is 24.5 Å². The Hall–Kier alpha value is -2.57. The normalized spacial score (nSPS) is 10.1. The lowest BCUT2D eigenvalue weighted by Gasteiger charge is -2.08. The summed E-state index contributed by atoms with van der Waals surface area (Å²) in [6.45, 7) is 1.79. The second-order valence-corrected chi connectivity index (χ2v) is 3.91. The third-order valence-corrected chi connectivity index (χ3v) is 2.52. The van der Waals surface area contributed by atoms with Crippen LogP contribution in [0, 0.1) is 6.92 Å². The number of methoxy groups -OCH3 is 1. The first-order valence-corrected chi connectivity index (χ1v) is 5.67. The molecule has 7 heteroatoms. The zero-order valence-corrected chi connectivity index (χ0v) is 11.0. The molecule has 7 nitrogen and oxygen atoms in total. The van der Waals surface area contributed by atoms with Gasteiger partial charge in [0.2, 0.25) is 5.88 Å². The molecular formula is C12H15N5O2. The quantitative estimate of drug-likeness (QED) is 0.882. The highest BCUT2D eigenvalue weighted by Crippen LogP contribution is 2.26. The highest BCUT2D eigenvalue weighted by molar-refractivity contribution is 6.00. The van der Waals surface area contributed by atoms with Gasteiger partial charge in [0, 0.05) is 13.2 Å². The van der Waals surface area contributed by atoms with E-state index in [9.17, 15) is 4.79 Å². The highest BCUT2D eigenvalue weighted by Gasteiger charge is 2.16. The average Bonchev–Trinajstić information content (AvgIpc) is 2.65. The highest BCUT2D eigenvalue weighted by atomic mass is 16.5. The number of rotatable bonds is 3. The summed E-state index contributed by atoms with van der Waals surface area (Å²) in [6.07, 6.45) is 3.20. The molecule has 19 heavy (non-hydrogen) atoms. The SMILES string of the molecule is COc1c(NC(=O)Nc2cccnc2)c(C)nn1C. The van der Waals surface area contributed by atoms with Crippen molar-refractivity contribution in [1.82, 2.24) is 14.8 Å². The van der Waals surface area contributed by atoms with Crippen LogP contribution in [0.3, 0.4) is 0 Å². The van der Waals surface area contributed by atoms with Crippen molar-refractivity contribution in [2.45, 2.75) is 6.92 Å². The molecule has 0 spiro atoms. The molecule has 0 fully saturated rings. The van der Waals surface area contributed by atoms with Crippen LogP contribution in [0.4, 0.5) is 16.2 Å². The van der Waals surface area contributed by atoms with E-state index in [0.717, 1.165) is 0 Å². The van der Waals surface area contributed by atoms with Gasteiger partial charge in [-0.3, -0.25) is 4.98 Å². The van der Waals surface area contributed by atoms with Crippen LogP contribution >= 0.6 is 0 Å². The maximum Gasteiger partial charge on any atom is 0.323 e. The number of hydrogen-bond donors (Lipinski definition) is 2. The van der Waals surface area contributed by atoms with E-state index in [1.807, 2.05) is 0 Å². The molecule has 0 unspecified atom stereocenters. The largest absolute Gasteiger partial charge is 0.480 e. The van der Waals surface area contributed by atoms with E-state index in [4.69, 9.17) is 4.74 Å². The fourth-order valence-electron chi connectivity index (χ4n) is 1.73. The van der Waals surface area contributed by atoms with Gasteiger partial charge >= 0.3 is 6.03 Å². The number of aromatic nitrogens is 3. The second-order valence-electron chi connectivity index (χ2n) is 3.91. The fraction of sp³-hybridized carbons (Fsp3) is 0.250. The molecule has 0 radical (unpaired) electrons. The molecule has 2 aromatic rings. The molecule has 2 amide bonds. The minimum Gasteiger partial charge on any atom is -0.480 e. The van der Waals surface area contributed by atoms with Crippen molar-refractivity contribution in [3.8, 4) is 5.88 Å². The van der Waals surface area contributed by atoms with Crippen molar-refractivity contribution in [2.24, 2.45) is 7.05 Å². The first-order chi connectivity index (χ1) is 9.11. The van der Waals surface area contributed by atoms with Crippen molar-refractivity contribution >= 4 is 17.4 Å². The number of nitrogens with one attached hydrogen (secondary N) is 2. The number of hydrogen-bond acceptors (Lipinski definition) is 4. The lowest BCUT2D eigenvalue weighted by Crippen LogP contribution is -2.20. The monoisotopic (exact) mass is 261 g/mol. The van der Waals surface area contributed by atoms with Crippen molar-refractivity contribution in [1.29, 1.82) is 0 Å². The van der Waals surface area contributed by atoms with Crippen LogP contribution in [0.5, 0.6) is 5.88 Å². The summed E-state index contributed by atoms with van der Waals surface area (Å²) in [5.74, 6) is 0.499. The van der Waals surface area contributed by atoms with Crippen molar-refractivity contribution < 1.29 is 9.53 Å². The summed E-state index contributed by atoms with van der Waals surface area (Å²) in [4.78, 5) is 15.8. The number of urea groups is 1. The Morgan fingerprint density at radius 3 is 2.84 bits per heavy atom. The number of anilines is 2. The van der Waals surface area contributed by atoms with E-state index in [-0.39, 0.29) is 6.03 Å². The van der Waals surface area contributed by atoms with Crippen LogP contribution in [-0.2, 0) is 7.05 Å². The van der Waals surface area contributed by atoms with Gasteiger partial charge in [-0.2, -0.15) is 5.10 Å². The molecule has 0 saturated carbocycles. The molecule has 2 heterocycles. The van der Waals surface area contributed by atoms with Gasteiger partial charge in [-0.1, -0.05) is 0 Å². The van der Waals surface area contributed by atoms with Crippen molar-refractivity contribution in [3.05, 3.63) is 30.2 Å². The number of aryl methyl sites for hydroxylation is 2. The molecule has 0 aliphatic heterocycles. The first-order valence-electron chi connectivity index (χ1n) is 5.67. The van der Waals surface area contributed by atoms with Gasteiger partial charge in [0.1, 0.15) is 5.69 Å². The molecular weight excluding hydrogens is 246 g/mol. The third-order valence-electron chi connectivity index (χ3n) is 2.52. The van der Waals surface area contributed by atoms with Gasteiger partial charge in [-0.15, -0.1) is 0 Å². The first kappa shape index (κ1) is 12.9. The molecule has 0 aromatic carbocycles. The molecule has 100 valence electrons. The summed E-state index contributed by atoms with van der Waals surface area (Å²) in [5, 5.41) is 9.56. The molecule has 2 rings (SSSR count). The van der Waals surface area contributed by atoms with Gasteiger partial charge in [-0.25, -0.2) is 9.48 Å². The van der Waals surface area contributed by atoms with Crippen LogP contribution < -0.4 is 15.4 Å². The molecule has 0 aliphatic carbocycles. The van der Waals surface area contributed by atoms with Gasteiger partial charge < -0.3 is 15.4 Å². The van der Waals surface area contributed by atoms with Gasteiger partial charge in [0.05, 0.1) is 24.7 Å². The number of ether oxygens (including phenoxy) is 1.